The summed E-state index contributed by atoms with van der Waals surface area (Å²) in [6.07, 6.45) is 0. The van der Waals surface area contributed by atoms with E-state index in [0.29, 0.717) is 0 Å². The highest BCUT2D eigenvalue weighted by atomic mass is 79.9. The van der Waals surface area contributed by atoms with Gasteiger partial charge in [-0.15, -0.1) is 0 Å². The molecule has 29 heavy (non-hydrogen) atoms. The highest BCUT2D eigenvalue weighted by Crippen LogP contribution is 2.47. The van der Waals surface area contributed by atoms with Crippen LogP contribution in [0.1, 0.15) is 25.0 Å². The topological polar surface area (TPSA) is 4.93 Å². The van der Waals surface area contributed by atoms with E-state index in [4.69, 9.17) is 0 Å². The van der Waals surface area contributed by atoms with Gasteiger partial charge in [0.05, 0.1) is 16.7 Å². The Morgan fingerprint density at radius 3 is 2.24 bits per heavy atom. The molecule has 2 heterocycles. The maximum Gasteiger partial charge on any atom is 0.0582 e. The van der Waals surface area contributed by atoms with Crippen LogP contribution in [0.3, 0.4) is 0 Å². The van der Waals surface area contributed by atoms with Crippen LogP contribution in [0.4, 0.5) is 0 Å². The third-order valence-corrected chi connectivity index (χ3v) is 6.99. The molecule has 0 fully saturated rings. The van der Waals surface area contributed by atoms with Crippen LogP contribution in [0.2, 0.25) is 0 Å². The van der Waals surface area contributed by atoms with Gasteiger partial charge < -0.3 is 4.57 Å². The molecule has 0 atom stereocenters. The minimum absolute atomic E-state index is 0.0188. The molecular formula is C27H20BrN. The molecule has 0 bridgehead atoms. The first-order chi connectivity index (χ1) is 14.1. The van der Waals surface area contributed by atoms with Gasteiger partial charge in [0, 0.05) is 20.7 Å². The molecule has 5 aromatic rings. The Hall–Kier alpha value is -2.84. The maximum absolute atomic E-state index is 3.54. The second kappa shape index (κ2) is 5.84. The van der Waals surface area contributed by atoms with Gasteiger partial charge in [-0.2, -0.15) is 0 Å². The molecule has 1 aromatic heterocycles. The van der Waals surface area contributed by atoms with Gasteiger partial charge in [-0.1, -0.05) is 84.4 Å². The minimum atomic E-state index is -0.0188. The Morgan fingerprint density at radius 1 is 0.690 bits per heavy atom. The summed E-state index contributed by atoms with van der Waals surface area (Å²) in [6, 6.07) is 31.1. The summed E-state index contributed by atoms with van der Waals surface area (Å²) in [5.74, 6) is 0. The van der Waals surface area contributed by atoms with E-state index in [-0.39, 0.29) is 5.41 Å². The quantitative estimate of drug-likeness (QED) is 0.251. The number of benzene rings is 4. The summed E-state index contributed by atoms with van der Waals surface area (Å²) >= 11 is 3.54. The predicted molar refractivity (Wildman–Crippen MR) is 126 cm³/mol. The molecule has 2 heteroatoms. The van der Waals surface area contributed by atoms with Crippen LogP contribution in [-0.2, 0) is 5.41 Å². The van der Waals surface area contributed by atoms with Crippen molar-refractivity contribution in [2.24, 2.45) is 0 Å². The van der Waals surface area contributed by atoms with Gasteiger partial charge in [-0.3, -0.25) is 0 Å². The second-order valence-electron chi connectivity index (χ2n) is 8.42. The zero-order valence-electron chi connectivity index (χ0n) is 16.4. The first-order valence-corrected chi connectivity index (χ1v) is 10.8. The van der Waals surface area contributed by atoms with E-state index >= 15 is 0 Å². The van der Waals surface area contributed by atoms with Gasteiger partial charge in [0.1, 0.15) is 0 Å². The van der Waals surface area contributed by atoms with Crippen molar-refractivity contribution in [2.45, 2.75) is 19.3 Å². The second-order valence-corrected chi connectivity index (χ2v) is 9.33. The van der Waals surface area contributed by atoms with Crippen LogP contribution < -0.4 is 0 Å². The highest BCUT2D eigenvalue weighted by Gasteiger charge is 2.34. The molecule has 0 unspecified atom stereocenters. The summed E-state index contributed by atoms with van der Waals surface area (Å²) in [5, 5.41) is 2.65. The number of rotatable bonds is 1. The van der Waals surface area contributed by atoms with Gasteiger partial charge in [-0.25, -0.2) is 0 Å². The molecule has 1 nitrogen and oxygen atoms in total. The van der Waals surface area contributed by atoms with Crippen LogP contribution in [0, 0.1) is 0 Å². The van der Waals surface area contributed by atoms with E-state index in [2.05, 4.69) is 119 Å². The molecule has 0 saturated carbocycles. The molecular weight excluding hydrogens is 418 g/mol. The number of aromatic nitrogens is 1. The van der Waals surface area contributed by atoms with Crippen molar-refractivity contribution >= 4 is 37.7 Å². The third kappa shape index (κ3) is 2.27. The molecule has 140 valence electrons. The summed E-state index contributed by atoms with van der Waals surface area (Å²) < 4.78 is 3.57. The Labute approximate surface area is 178 Å². The van der Waals surface area contributed by atoms with Crippen molar-refractivity contribution in [2.75, 3.05) is 0 Å². The molecule has 1 aliphatic rings. The monoisotopic (exact) mass is 437 g/mol. The SMILES string of the molecule is CC1(C)c2ccccc2-n2c3ccc(-c4ccc(Br)cc4)cc3c3cccc1c32. The third-order valence-electron chi connectivity index (χ3n) is 6.46. The molecule has 0 N–H and O–H groups in total. The fourth-order valence-electron chi connectivity index (χ4n) is 4.99. The normalized spacial score (nSPS) is 14.3. The van der Waals surface area contributed by atoms with E-state index in [1.54, 1.807) is 0 Å². The number of halogens is 1. The van der Waals surface area contributed by atoms with Gasteiger partial charge in [0.2, 0.25) is 0 Å². The molecule has 1 aliphatic heterocycles. The van der Waals surface area contributed by atoms with Crippen LogP contribution in [0.5, 0.6) is 0 Å². The van der Waals surface area contributed by atoms with E-state index in [1.807, 2.05) is 0 Å². The molecule has 0 spiro atoms. The van der Waals surface area contributed by atoms with E-state index < -0.39 is 0 Å². The van der Waals surface area contributed by atoms with Gasteiger partial charge in [0.25, 0.3) is 0 Å². The molecule has 0 saturated heterocycles. The van der Waals surface area contributed by atoms with E-state index in [0.717, 1.165) is 4.47 Å². The van der Waals surface area contributed by atoms with Crippen LogP contribution in [0.25, 0.3) is 38.6 Å². The fourth-order valence-corrected chi connectivity index (χ4v) is 5.25. The Bertz CT molecular complexity index is 1420. The van der Waals surface area contributed by atoms with Gasteiger partial charge in [-0.05, 0) is 52.6 Å². The van der Waals surface area contributed by atoms with Crippen LogP contribution >= 0.6 is 15.9 Å². The smallest absolute Gasteiger partial charge is 0.0582 e. The predicted octanol–water partition coefficient (Wildman–Crippen LogP) is 7.85. The first kappa shape index (κ1) is 17.1. The summed E-state index contributed by atoms with van der Waals surface area (Å²) in [6.45, 7) is 4.68. The largest absolute Gasteiger partial charge is 0.309 e. The lowest BCUT2D eigenvalue weighted by molar-refractivity contribution is 0.630. The van der Waals surface area contributed by atoms with E-state index in [1.165, 1.54) is 49.7 Å². The molecule has 0 aliphatic carbocycles. The number of nitrogens with zero attached hydrogens (tertiary/aromatic N) is 1. The zero-order valence-corrected chi connectivity index (χ0v) is 18.0. The zero-order chi connectivity index (χ0) is 19.8. The Kier molecular flexibility index (Phi) is 3.43. The van der Waals surface area contributed by atoms with Crippen molar-refractivity contribution in [1.82, 2.24) is 4.57 Å². The van der Waals surface area contributed by atoms with Gasteiger partial charge in [0.15, 0.2) is 0 Å². The average molecular weight is 438 g/mol. The summed E-state index contributed by atoms with van der Waals surface area (Å²) in [5.41, 5.74) is 9.17. The molecule has 0 radical (unpaired) electrons. The standard InChI is InChI=1S/C27H20BrN/c1-27(2)22-7-3-4-9-25(22)29-24-15-12-18(17-10-13-19(28)14-11-17)16-21(24)20-6-5-8-23(27)26(20)29/h3-16H,1-2H3. The lowest BCUT2D eigenvalue weighted by Gasteiger charge is -2.34. The van der Waals surface area contributed by atoms with Crippen molar-refractivity contribution in [3.63, 3.8) is 0 Å². The number of fused-ring (bicyclic) bond motifs is 5. The molecule has 4 aromatic carbocycles. The minimum Gasteiger partial charge on any atom is -0.309 e. The maximum atomic E-state index is 3.54. The van der Waals surface area contributed by atoms with Crippen molar-refractivity contribution in [1.29, 1.82) is 0 Å². The van der Waals surface area contributed by atoms with Crippen LogP contribution in [0.15, 0.2) is 89.4 Å². The fraction of sp³-hybridized carbons (Fsp3) is 0.111. The van der Waals surface area contributed by atoms with E-state index in [9.17, 15) is 0 Å². The lowest BCUT2D eigenvalue weighted by atomic mass is 9.75. The number of hydrogen-bond donors (Lipinski definition) is 0. The summed E-state index contributed by atoms with van der Waals surface area (Å²) in [7, 11) is 0. The number of para-hydroxylation sites is 2. The Balaban J connectivity index is 1.74. The number of hydrogen-bond acceptors (Lipinski definition) is 0. The van der Waals surface area contributed by atoms with Gasteiger partial charge >= 0.3 is 0 Å². The lowest BCUT2D eigenvalue weighted by Crippen LogP contribution is -2.26. The Morgan fingerprint density at radius 2 is 1.41 bits per heavy atom. The molecule has 0 amide bonds. The van der Waals surface area contributed by atoms with Crippen LogP contribution in [-0.4, -0.2) is 4.57 Å². The summed E-state index contributed by atoms with van der Waals surface area (Å²) in [4.78, 5) is 0. The first-order valence-electron chi connectivity index (χ1n) is 9.99. The van der Waals surface area contributed by atoms with Crippen molar-refractivity contribution < 1.29 is 0 Å². The average Bonchev–Trinajstić information content (AvgIpc) is 3.07. The van der Waals surface area contributed by atoms with Crippen molar-refractivity contribution in [3.8, 4) is 16.8 Å². The molecule has 6 rings (SSSR count). The highest BCUT2D eigenvalue weighted by molar-refractivity contribution is 9.10. The van der Waals surface area contributed by atoms with Crippen molar-refractivity contribution in [3.05, 3.63) is 101 Å².